The van der Waals surface area contributed by atoms with Crippen LogP contribution in [0, 0.1) is 0 Å². The average molecular weight is 170 g/mol. The van der Waals surface area contributed by atoms with E-state index in [1.807, 2.05) is 6.92 Å². The minimum atomic E-state index is -0.251. The molecular weight excluding hydrogens is 152 g/mol. The van der Waals surface area contributed by atoms with E-state index in [0.717, 1.165) is 24.8 Å². The molecule has 0 saturated carbocycles. The zero-order chi connectivity index (χ0) is 9.14. The van der Waals surface area contributed by atoms with Crippen molar-refractivity contribution in [2.75, 3.05) is 0 Å². The number of hydrogen-bond donors (Lipinski definition) is 1. The van der Waals surface area contributed by atoms with E-state index in [9.17, 15) is 0 Å². The topological polar surface area (TPSA) is 29.5 Å². The number of ether oxygens (including phenoxy) is 1. The summed E-state index contributed by atoms with van der Waals surface area (Å²) in [4.78, 5) is 0. The van der Waals surface area contributed by atoms with Crippen LogP contribution < -0.4 is 0 Å². The van der Waals surface area contributed by atoms with Crippen molar-refractivity contribution in [1.29, 1.82) is 0 Å². The Hall–Kier alpha value is -0.340. The minimum Gasteiger partial charge on any atom is -0.393 e. The third-order valence-corrected chi connectivity index (χ3v) is 2.26. The molecule has 70 valence electrons. The lowest BCUT2D eigenvalue weighted by Gasteiger charge is -2.14. The number of rotatable bonds is 3. The molecule has 0 amide bonds. The molecule has 0 spiro atoms. The van der Waals surface area contributed by atoms with E-state index in [-0.39, 0.29) is 18.3 Å². The first-order valence-electron chi connectivity index (χ1n) is 4.58. The Morgan fingerprint density at radius 3 is 2.75 bits per heavy atom. The zero-order valence-electron chi connectivity index (χ0n) is 7.92. The summed E-state index contributed by atoms with van der Waals surface area (Å²) in [5, 5.41) is 9.14. The maximum atomic E-state index is 9.14. The monoisotopic (exact) mass is 170 g/mol. The van der Waals surface area contributed by atoms with Gasteiger partial charge in [0, 0.05) is 0 Å². The van der Waals surface area contributed by atoms with Gasteiger partial charge < -0.3 is 9.84 Å². The van der Waals surface area contributed by atoms with Crippen LogP contribution in [0.15, 0.2) is 12.2 Å². The highest BCUT2D eigenvalue weighted by molar-refractivity contribution is 5.00. The van der Waals surface area contributed by atoms with Crippen LogP contribution in [0.3, 0.4) is 0 Å². The summed E-state index contributed by atoms with van der Waals surface area (Å²) in [5.41, 5.74) is 1.10. The first kappa shape index (κ1) is 9.75. The Balaban J connectivity index is 2.30. The molecule has 1 saturated heterocycles. The van der Waals surface area contributed by atoms with Gasteiger partial charge in [0.2, 0.25) is 0 Å². The van der Waals surface area contributed by atoms with Crippen LogP contribution in [0.5, 0.6) is 0 Å². The van der Waals surface area contributed by atoms with Gasteiger partial charge in [-0.3, -0.25) is 0 Å². The fourth-order valence-corrected chi connectivity index (χ4v) is 1.62. The third kappa shape index (κ3) is 2.61. The van der Waals surface area contributed by atoms with Crippen molar-refractivity contribution >= 4 is 0 Å². The summed E-state index contributed by atoms with van der Waals surface area (Å²) in [7, 11) is 0. The molecule has 2 heteroatoms. The highest BCUT2D eigenvalue weighted by Gasteiger charge is 2.26. The van der Waals surface area contributed by atoms with Gasteiger partial charge in [0.1, 0.15) is 0 Å². The van der Waals surface area contributed by atoms with E-state index >= 15 is 0 Å². The van der Waals surface area contributed by atoms with Crippen molar-refractivity contribution in [2.45, 2.75) is 51.4 Å². The molecule has 2 nitrogen and oxygen atoms in total. The molecule has 0 bridgehead atoms. The Morgan fingerprint density at radius 2 is 2.33 bits per heavy atom. The molecule has 1 aliphatic heterocycles. The normalized spacial score (nSPS) is 31.9. The second kappa shape index (κ2) is 4.06. The van der Waals surface area contributed by atoms with Crippen LogP contribution in [-0.4, -0.2) is 23.4 Å². The van der Waals surface area contributed by atoms with E-state index in [4.69, 9.17) is 9.84 Å². The molecule has 1 N–H and O–H groups in total. The second-order valence-corrected chi connectivity index (χ2v) is 3.76. The van der Waals surface area contributed by atoms with Gasteiger partial charge in [-0.1, -0.05) is 12.2 Å². The Bertz CT molecular complexity index is 163. The lowest BCUT2D eigenvalue weighted by atomic mass is 10.1. The van der Waals surface area contributed by atoms with Crippen molar-refractivity contribution in [1.82, 2.24) is 0 Å². The summed E-state index contributed by atoms with van der Waals surface area (Å²) in [6, 6.07) is 0. The van der Waals surface area contributed by atoms with Crippen molar-refractivity contribution in [2.24, 2.45) is 0 Å². The number of hydrogen-bond acceptors (Lipinski definition) is 2. The van der Waals surface area contributed by atoms with E-state index in [1.165, 1.54) is 0 Å². The largest absolute Gasteiger partial charge is 0.393 e. The fraction of sp³-hybridized carbons (Fsp3) is 0.800. The van der Waals surface area contributed by atoms with Crippen LogP contribution in [0.1, 0.15) is 33.1 Å². The predicted molar refractivity (Wildman–Crippen MR) is 49.0 cm³/mol. The van der Waals surface area contributed by atoms with Crippen molar-refractivity contribution < 1.29 is 9.84 Å². The van der Waals surface area contributed by atoms with Crippen LogP contribution in [-0.2, 0) is 4.74 Å². The average Bonchev–Trinajstić information content (AvgIpc) is 2.34. The lowest BCUT2D eigenvalue weighted by Crippen LogP contribution is -2.16. The third-order valence-electron chi connectivity index (χ3n) is 2.26. The van der Waals surface area contributed by atoms with Gasteiger partial charge in [0.05, 0.1) is 18.3 Å². The predicted octanol–water partition coefficient (Wildman–Crippen LogP) is 1.88. The maximum absolute atomic E-state index is 9.14. The van der Waals surface area contributed by atoms with Gasteiger partial charge in [0.15, 0.2) is 0 Å². The lowest BCUT2D eigenvalue weighted by molar-refractivity contribution is 0.0308. The van der Waals surface area contributed by atoms with Crippen LogP contribution in [0.25, 0.3) is 0 Å². The molecule has 0 aromatic rings. The quantitative estimate of drug-likeness (QED) is 0.655. The van der Waals surface area contributed by atoms with Gasteiger partial charge in [0.25, 0.3) is 0 Å². The zero-order valence-corrected chi connectivity index (χ0v) is 7.92. The molecule has 1 rings (SSSR count). The van der Waals surface area contributed by atoms with E-state index in [1.54, 1.807) is 6.92 Å². The molecule has 0 aliphatic carbocycles. The first-order valence-corrected chi connectivity index (χ1v) is 4.58. The van der Waals surface area contributed by atoms with E-state index < -0.39 is 0 Å². The van der Waals surface area contributed by atoms with Gasteiger partial charge in [-0.15, -0.1) is 0 Å². The van der Waals surface area contributed by atoms with Crippen LogP contribution in [0.4, 0.5) is 0 Å². The summed E-state index contributed by atoms with van der Waals surface area (Å²) in [6.45, 7) is 7.66. The van der Waals surface area contributed by atoms with Gasteiger partial charge in [-0.05, 0) is 33.1 Å². The fourth-order valence-electron chi connectivity index (χ4n) is 1.62. The highest BCUT2D eigenvalue weighted by Crippen LogP contribution is 2.26. The summed E-state index contributed by atoms with van der Waals surface area (Å²) >= 11 is 0. The molecule has 1 fully saturated rings. The van der Waals surface area contributed by atoms with Crippen LogP contribution >= 0.6 is 0 Å². The maximum Gasteiger partial charge on any atom is 0.0784 e. The molecule has 0 radical (unpaired) electrons. The summed E-state index contributed by atoms with van der Waals surface area (Å²) in [6.07, 6.45) is 3.10. The molecule has 3 atom stereocenters. The van der Waals surface area contributed by atoms with Crippen molar-refractivity contribution in [3.63, 3.8) is 0 Å². The van der Waals surface area contributed by atoms with E-state index in [2.05, 4.69) is 6.58 Å². The Morgan fingerprint density at radius 1 is 1.67 bits per heavy atom. The minimum absolute atomic E-state index is 0.230. The van der Waals surface area contributed by atoms with Crippen molar-refractivity contribution in [3.05, 3.63) is 12.2 Å². The second-order valence-electron chi connectivity index (χ2n) is 3.76. The molecule has 12 heavy (non-hydrogen) atoms. The summed E-state index contributed by atoms with van der Waals surface area (Å²) in [5.74, 6) is 0. The van der Waals surface area contributed by atoms with Crippen LogP contribution in [0.2, 0.25) is 0 Å². The first-order chi connectivity index (χ1) is 5.59. The SMILES string of the molecule is C=C(C)C1CCC(CC(C)O)O1. The smallest absolute Gasteiger partial charge is 0.0784 e. The number of aliphatic hydroxyl groups is 1. The summed E-state index contributed by atoms with van der Waals surface area (Å²) < 4.78 is 5.67. The standard InChI is InChI=1S/C10H18O2/c1-7(2)10-5-4-9(12-10)6-8(3)11/h8-11H,1,4-6H2,2-3H3. The molecule has 1 heterocycles. The molecule has 1 aliphatic rings. The Labute approximate surface area is 74.2 Å². The molecular formula is C10H18O2. The van der Waals surface area contributed by atoms with E-state index in [0.29, 0.717) is 0 Å². The number of aliphatic hydroxyl groups excluding tert-OH is 1. The Kier molecular flexibility index (Phi) is 3.29. The van der Waals surface area contributed by atoms with Gasteiger partial charge in [-0.2, -0.15) is 0 Å². The highest BCUT2D eigenvalue weighted by atomic mass is 16.5. The molecule has 3 unspecified atom stereocenters. The van der Waals surface area contributed by atoms with Gasteiger partial charge >= 0.3 is 0 Å². The molecule has 0 aromatic heterocycles. The molecule has 0 aromatic carbocycles. The van der Waals surface area contributed by atoms with Gasteiger partial charge in [-0.25, -0.2) is 0 Å². The van der Waals surface area contributed by atoms with Crippen molar-refractivity contribution in [3.8, 4) is 0 Å².